The van der Waals surface area contributed by atoms with Crippen LogP contribution < -0.4 is 0 Å². The fourth-order valence-corrected chi connectivity index (χ4v) is 2.60. The summed E-state index contributed by atoms with van der Waals surface area (Å²) in [5.74, 6) is 1.42. The van der Waals surface area contributed by atoms with E-state index in [-0.39, 0.29) is 11.6 Å². The van der Waals surface area contributed by atoms with E-state index in [0.29, 0.717) is 31.0 Å². The maximum absolute atomic E-state index is 14.6. The van der Waals surface area contributed by atoms with Gasteiger partial charge in [0.25, 0.3) is 0 Å². The van der Waals surface area contributed by atoms with Crippen LogP contribution in [0.3, 0.4) is 0 Å². The van der Waals surface area contributed by atoms with Crippen LogP contribution in [-0.2, 0) is 15.7 Å². The van der Waals surface area contributed by atoms with E-state index in [1.165, 1.54) is 0 Å². The van der Waals surface area contributed by atoms with Crippen LogP contribution in [0.2, 0.25) is 0 Å². The van der Waals surface area contributed by atoms with Gasteiger partial charge in [0.15, 0.2) is 5.82 Å². The summed E-state index contributed by atoms with van der Waals surface area (Å²) < 4.78 is 31.1. The van der Waals surface area contributed by atoms with E-state index in [1.54, 1.807) is 0 Å². The summed E-state index contributed by atoms with van der Waals surface area (Å²) in [6.45, 7) is 9.63. The Labute approximate surface area is 130 Å². The average molecular weight is 308 g/mol. The SMILES string of the molecule is CCc1nc(C2CC(=C(F)B3OC(C)(C)C(C)(C)O3)C2)no1. The molecule has 7 heteroatoms. The highest BCUT2D eigenvalue weighted by molar-refractivity contribution is 6.53. The van der Waals surface area contributed by atoms with Crippen molar-refractivity contribution < 1.29 is 18.2 Å². The summed E-state index contributed by atoms with van der Waals surface area (Å²) in [7, 11) is -0.905. The van der Waals surface area contributed by atoms with E-state index in [0.717, 1.165) is 5.57 Å². The van der Waals surface area contributed by atoms with Crippen molar-refractivity contribution in [1.29, 1.82) is 0 Å². The van der Waals surface area contributed by atoms with Gasteiger partial charge in [-0.2, -0.15) is 4.98 Å². The van der Waals surface area contributed by atoms with Gasteiger partial charge >= 0.3 is 7.12 Å². The summed E-state index contributed by atoms with van der Waals surface area (Å²) >= 11 is 0. The van der Waals surface area contributed by atoms with E-state index in [1.807, 2.05) is 34.6 Å². The zero-order valence-electron chi connectivity index (χ0n) is 13.8. The third-order valence-corrected chi connectivity index (χ3v) is 4.93. The van der Waals surface area contributed by atoms with Crippen molar-refractivity contribution in [2.75, 3.05) is 0 Å². The minimum absolute atomic E-state index is 0.132. The van der Waals surface area contributed by atoms with Gasteiger partial charge in [-0.3, -0.25) is 0 Å². The molecule has 1 saturated carbocycles. The Morgan fingerprint density at radius 2 is 1.82 bits per heavy atom. The number of hydrogen-bond donors (Lipinski definition) is 0. The Morgan fingerprint density at radius 3 is 2.32 bits per heavy atom. The van der Waals surface area contributed by atoms with Crippen LogP contribution in [0.4, 0.5) is 4.39 Å². The molecule has 2 aliphatic rings. The van der Waals surface area contributed by atoms with Crippen LogP contribution in [0.1, 0.15) is 65.1 Å². The Bertz CT molecular complexity index is 588. The molecule has 0 aromatic carbocycles. The number of nitrogens with zero attached hydrogens (tertiary/aromatic N) is 2. The van der Waals surface area contributed by atoms with Crippen LogP contribution in [0.5, 0.6) is 0 Å². The molecule has 0 bridgehead atoms. The largest absolute Gasteiger partial charge is 0.525 e. The molecule has 1 saturated heterocycles. The van der Waals surface area contributed by atoms with Crippen LogP contribution in [-0.4, -0.2) is 28.5 Å². The Hall–Kier alpha value is -1.21. The Kier molecular flexibility index (Phi) is 3.68. The molecule has 120 valence electrons. The minimum atomic E-state index is -0.905. The highest BCUT2D eigenvalue weighted by Crippen LogP contribution is 2.45. The lowest BCUT2D eigenvalue weighted by Gasteiger charge is -2.32. The van der Waals surface area contributed by atoms with E-state index in [9.17, 15) is 4.39 Å². The van der Waals surface area contributed by atoms with Crippen molar-refractivity contribution in [3.8, 4) is 0 Å². The first-order valence-corrected chi connectivity index (χ1v) is 7.79. The van der Waals surface area contributed by atoms with Gasteiger partial charge in [0.05, 0.1) is 11.2 Å². The van der Waals surface area contributed by atoms with Gasteiger partial charge in [0.1, 0.15) is 5.73 Å². The molecule has 0 radical (unpaired) electrons. The second-order valence-electron chi connectivity index (χ2n) is 7.04. The first-order chi connectivity index (χ1) is 10.2. The van der Waals surface area contributed by atoms with Crippen LogP contribution in [0.15, 0.2) is 15.8 Å². The molecule has 2 heterocycles. The number of aryl methyl sites for hydroxylation is 1. The van der Waals surface area contributed by atoms with Crippen LogP contribution in [0, 0.1) is 0 Å². The summed E-state index contributed by atoms with van der Waals surface area (Å²) in [4.78, 5) is 4.30. The summed E-state index contributed by atoms with van der Waals surface area (Å²) in [6.07, 6.45) is 1.90. The van der Waals surface area contributed by atoms with Gasteiger partial charge in [0.2, 0.25) is 5.89 Å². The Balaban J connectivity index is 1.67. The number of allylic oxidation sites excluding steroid dienone is 1. The zero-order valence-corrected chi connectivity index (χ0v) is 13.8. The monoisotopic (exact) mass is 308 g/mol. The third kappa shape index (κ3) is 2.50. The van der Waals surface area contributed by atoms with E-state index in [4.69, 9.17) is 13.8 Å². The van der Waals surface area contributed by atoms with Crippen molar-refractivity contribution in [3.63, 3.8) is 0 Å². The van der Waals surface area contributed by atoms with Gasteiger partial charge in [-0.1, -0.05) is 12.1 Å². The topological polar surface area (TPSA) is 57.4 Å². The van der Waals surface area contributed by atoms with Gasteiger partial charge in [0, 0.05) is 12.3 Å². The summed E-state index contributed by atoms with van der Waals surface area (Å²) in [5.41, 5.74) is -0.620. The fourth-order valence-electron chi connectivity index (χ4n) is 2.60. The molecule has 0 unspecified atom stereocenters. The van der Waals surface area contributed by atoms with Crippen molar-refractivity contribution in [1.82, 2.24) is 10.1 Å². The second-order valence-corrected chi connectivity index (χ2v) is 7.04. The maximum Gasteiger partial charge on any atom is 0.525 e. The van der Waals surface area contributed by atoms with E-state index >= 15 is 0 Å². The summed E-state index contributed by atoms with van der Waals surface area (Å²) in [6, 6.07) is 0. The fraction of sp³-hybridized carbons (Fsp3) is 0.733. The first-order valence-electron chi connectivity index (χ1n) is 7.79. The molecule has 5 nitrogen and oxygen atoms in total. The quantitative estimate of drug-likeness (QED) is 0.801. The van der Waals surface area contributed by atoms with Crippen molar-refractivity contribution in [3.05, 3.63) is 23.0 Å². The van der Waals surface area contributed by atoms with Crippen molar-refractivity contribution in [2.24, 2.45) is 0 Å². The standard InChI is InChI=1S/C15H22BFN2O3/c1-6-11-18-13(19-20-11)10-7-9(8-10)12(17)16-21-14(2,3)15(4,5)22-16/h10H,6-8H2,1-5H3. The van der Waals surface area contributed by atoms with Gasteiger partial charge < -0.3 is 13.8 Å². The molecule has 0 atom stereocenters. The summed E-state index contributed by atoms with van der Waals surface area (Å²) in [5, 5.41) is 3.95. The van der Waals surface area contributed by atoms with Gasteiger partial charge in [-0.05, 0) is 46.1 Å². The zero-order chi connectivity index (χ0) is 16.1. The lowest BCUT2D eigenvalue weighted by Crippen LogP contribution is -2.41. The Morgan fingerprint density at radius 1 is 1.23 bits per heavy atom. The highest BCUT2D eigenvalue weighted by atomic mass is 19.1. The molecule has 3 rings (SSSR count). The molecular formula is C15H22BFN2O3. The molecule has 0 N–H and O–H groups in total. The normalized spacial score (nSPS) is 26.2. The van der Waals surface area contributed by atoms with Crippen LogP contribution in [0.25, 0.3) is 0 Å². The molecular weight excluding hydrogens is 286 g/mol. The molecule has 2 fully saturated rings. The number of halogens is 1. The highest BCUT2D eigenvalue weighted by Gasteiger charge is 2.54. The molecule has 1 aliphatic carbocycles. The molecule has 1 aromatic rings. The molecule has 1 aliphatic heterocycles. The first kappa shape index (κ1) is 15.7. The number of hydrogen-bond acceptors (Lipinski definition) is 5. The lowest BCUT2D eigenvalue weighted by molar-refractivity contribution is 0.00578. The lowest BCUT2D eigenvalue weighted by atomic mass is 9.72. The second kappa shape index (κ2) is 5.16. The molecule has 0 amide bonds. The number of rotatable bonds is 3. The molecule has 22 heavy (non-hydrogen) atoms. The van der Waals surface area contributed by atoms with Crippen molar-refractivity contribution in [2.45, 2.75) is 71.0 Å². The predicted octanol–water partition coefficient (Wildman–Crippen LogP) is 3.36. The maximum atomic E-state index is 14.6. The van der Waals surface area contributed by atoms with Gasteiger partial charge in [-0.15, -0.1) is 0 Å². The average Bonchev–Trinajstić information content (AvgIpc) is 2.91. The third-order valence-electron chi connectivity index (χ3n) is 4.93. The number of aromatic nitrogens is 2. The van der Waals surface area contributed by atoms with E-state index in [2.05, 4.69) is 10.1 Å². The van der Waals surface area contributed by atoms with Gasteiger partial charge in [-0.25, -0.2) is 4.39 Å². The predicted molar refractivity (Wildman–Crippen MR) is 79.9 cm³/mol. The van der Waals surface area contributed by atoms with Crippen LogP contribution >= 0.6 is 0 Å². The minimum Gasteiger partial charge on any atom is -0.398 e. The van der Waals surface area contributed by atoms with E-state index < -0.39 is 18.3 Å². The molecule has 1 aromatic heterocycles. The molecule has 0 spiro atoms. The van der Waals surface area contributed by atoms with Crippen molar-refractivity contribution >= 4 is 7.12 Å². The smallest absolute Gasteiger partial charge is 0.398 e.